The normalized spacial score (nSPS) is 11.0. The monoisotopic (exact) mass is 374 g/mol. The first kappa shape index (κ1) is 17.9. The molecule has 4 nitrogen and oxygen atoms in total. The van der Waals surface area contributed by atoms with Gasteiger partial charge in [0.15, 0.2) is 0 Å². The second-order valence-electron chi connectivity index (χ2n) is 6.62. The fourth-order valence-electron chi connectivity index (χ4n) is 3.64. The Bertz CT molecular complexity index is 1150. The van der Waals surface area contributed by atoms with Crippen LogP contribution >= 0.6 is 0 Å². The van der Waals surface area contributed by atoms with Crippen LogP contribution in [0.5, 0.6) is 0 Å². The molecule has 0 aliphatic carbocycles. The van der Waals surface area contributed by atoms with Gasteiger partial charge in [0.25, 0.3) is 0 Å². The lowest BCUT2D eigenvalue weighted by Crippen LogP contribution is -2.04. The van der Waals surface area contributed by atoms with Crippen molar-refractivity contribution in [1.82, 2.24) is 9.55 Å². The van der Waals surface area contributed by atoms with Crippen molar-refractivity contribution in [3.63, 3.8) is 0 Å². The summed E-state index contributed by atoms with van der Waals surface area (Å²) in [6.07, 6.45) is 3.51. The van der Waals surface area contributed by atoms with Gasteiger partial charge in [-0.05, 0) is 54.4 Å². The van der Waals surface area contributed by atoms with E-state index >= 15 is 0 Å². The van der Waals surface area contributed by atoms with Gasteiger partial charge in [-0.25, -0.2) is 9.18 Å². The molecular weight excluding hydrogens is 355 g/mol. The summed E-state index contributed by atoms with van der Waals surface area (Å²) in [6.45, 7) is 2.48. The Morgan fingerprint density at radius 2 is 1.89 bits per heavy atom. The summed E-state index contributed by atoms with van der Waals surface area (Å²) in [5.74, 6) is -0.605. The highest BCUT2D eigenvalue weighted by atomic mass is 19.1. The number of pyridine rings is 1. The lowest BCUT2D eigenvalue weighted by Gasteiger charge is -2.12. The molecule has 0 unspecified atom stereocenters. The van der Waals surface area contributed by atoms with Crippen molar-refractivity contribution in [2.45, 2.75) is 13.5 Å². The van der Waals surface area contributed by atoms with Gasteiger partial charge in [-0.3, -0.25) is 4.98 Å². The van der Waals surface area contributed by atoms with Crippen LogP contribution in [-0.2, 0) is 11.3 Å². The van der Waals surface area contributed by atoms with E-state index < -0.39 is 0 Å². The summed E-state index contributed by atoms with van der Waals surface area (Å²) in [5, 5.41) is 0.618. The Labute approximate surface area is 162 Å². The molecule has 0 N–H and O–H groups in total. The molecule has 0 spiro atoms. The SMILES string of the molecule is COC(=O)c1ccc(Cn2c(-c3cccnc3)c(C)c3c(F)cccc32)cc1. The van der Waals surface area contributed by atoms with Crippen molar-refractivity contribution in [1.29, 1.82) is 0 Å². The smallest absolute Gasteiger partial charge is 0.337 e. The number of carbonyl (C=O) groups is 1. The molecule has 2 aromatic heterocycles. The molecule has 2 heterocycles. The van der Waals surface area contributed by atoms with E-state index in [1.54, 1.807) is 30.6 Å². The Morgan fingerprint density at radius 3 is 2.57 bits per heavy atom. The molecular formula is C23H19FN2O2. The summed E-state index contributed by atoms with van der Waals surface area (Å²) in [7, 11) is 1.36. The second kappa shape index (κ2) is 7.27. The quantitative estimate of drug-likeness (QED) is 0.473. The minimum Gasteiger partial charge on any atom is -0.465 e. The molecule has 0 saturated heterocycles. The fourth-order valence-corrected chi connectivity index (χ4v) is 3.64. The minimum absolute atomic E-state index is 0.236. The molecule has 0 fully saturated rings. The van der Waals surface area contributed by atoms with E-state index in [4.69, 9.17) is 4.74 Å². The largest absolute Gasteiger partial charge is 0.465 e. The lowest BCUT2D eigenvalue weighted by molar-refractivity contribution is 0.0600. The molecule has 0 aliphatic rings. The highest BCUT2D eigenvalue weighted by Crippen LogP contribution is 2.35. The molecule has 0 atom stereocenters. The van der Waals surface area contributed by atoms with Gasteiger partial charge in [0.2, 0.25) is 0 Å². The predicted octanol–water partition coefficient (Wildman–Crippen LogP) is 4.99. The lowest BCUT2D eigenvalue weighted by atomic mass is 10.1. The number of halogens is 1. The molecule has 0 radical (unpaired) electrons. The van der Waals surface area contributed by atoms with Crippen LogP contribution in [0.15, 0.2) is 67.0 Å². The highest BCUT2D eigenvalue weighted by Gasteiger charge is 2.18. The van der Waals surface area contributed by atoms with Gasteiger partial charge in [-0.2, -0.15) is 0 Å². The Balaban J connectivity index is 1.86. The van der Waals surface area contributed by atoms with E-state index in [9.17, 15) is 9.18 Å². The molecule has 0 amide bonds. The van der Waals surface area contributed by atoms with Crippen LogP contribution in [0.2, 0.25) is 0 Å². The number of carbonyl (C=O) groups excluding carboxylic acids is 1. The van der Waals surface area contributed by atoms with Crippen molar-refractivity contribution in [2.75, 3.05) is 7.11 Å². The maximum Gasteiger partial charge on any atom is 0.337 e. The van der Waals surface area contributed by atoms with Crippen LogP contribution in [0.3, 0.4) is 0 Å². The van der Waals surface area contributed by atoms with Crippen molar-refractivity contribution in [3.05, 3.63) is 89.5 Å². The van der Waals surface area contributed by atoms with E-state index in [0.29, 0.717) is 17.5 Å². The molecule has 4 aromatic rings. The number of esters is 1. The number of rotatable bonds is 4. The van der Waals surface area contributed by atoms with Crippen LogP contribution in [0.25, 0.3) is 22.2 Å². The zero-order chi connectivity index (χ0) is 19.7. The first-order valence-corrected chi connectivity index (χ1v) is 8.95. The van der Waals surface area contributed by atoms with Crippen LogP contribution < -0.4 is 0 Å². The average molecular weight is 374 g/mol. The molecule has 2 aromatic carbocycles. The summed E-state index contributed by atoms with van der Waals surface area (Å²) in [6, 6.07) is 16.2. The summed E-state index contributed by atoms with van der Waals surface area (Å²) >= 11 is 0. The van der Waals surface area contributed by atoms with E-state index in [2.05, 4.69) is 9.55 Å². The number of aromatic nitrogens is 2. The van der Waals surface area contributed by atoms with Gasteiger partial charge in [-0.15, -0.1) is 0 Å². The number of hydrogen-bond acceptors (Lipinski definition) is 3. The standard InChI is InChI=1S/C23H19FN2O2/c1-15-21-19(24)6-3-7-20(21)26(22(15)18-5-4-12-25-13-18)14-16-8-10-17(11-9-16)23(27)28-2/h3-13H,14H2,1-2H3. The van der Waals surface area contributed by atoms with E-state index in [0.717, 1.165) is 27.9 Å². The number of ether oxygens (including phenoxy) is 1. The molecule has 4 rings (SSSR count). The third-order valence-electron chi connectivity index (χ3n) is 4.93. The maximum absolute atomic E-state index is 14.6. The average Bonchev–Trinajstić information content (AvgIpc) is 3.01. The molecule has 5 heteroatoms. The van der Waals surface area contributed by atoms with Gasteiger partial charge >= 0.3 is 5.97 Å². The zero-order valence-corrected chi connectivity index (χ0v) is 15.6. The van der Waals surface area contributed by atoms with Crippen molar-refractivity contribution in [3.8, 4) is 11.3 Å². The summed E-state index contributed by atoms with van der Waals surface area (Å²) in [4.78, 5) is 15.9. The number of aryl methyl sites for hydroxylation is 1. The van der Waals surface area contributed by atoms with Crippen LogP contribution in [0, 0.1) is 12.7 Å². The van der Waals surface area contributed by atoms with Gasteiger partial charge < -0.3 is 9.30 Å². The maximum atomic E-state index is 14.6. The third-order valence-corrected chi connectivity index (χ3v) is 4.93. The van der Waals surface area contributed by atoms with E-state index in [1.165, 1.54) is 13.2 Å². The first-order chi connectivity index (χ1) is 13.6. The molecule has 0 aliphatic heterocycles. The second-order valence-corrected chi connectivity index (χ2v) is 6.62. The Hall–Kier alpha value is -3.47. The first-order valence-electron chi connectivity index (χ1n) is 8.95. The number of methoxy groups -OCH3 is 1. The van der Waals surface area contributed by atoms with Crippen molar-refractivity contribution < 1.29 is 13.9 Å². The van der Waals surface area contributed by atoms with Crippen molar-refractivity contribution >= 4 is 16.9 Å². The zero-order valence-electron chi connectivity index (χ0n) is 15.6. The topological polar surface area (TPSA) is 44.1 Å². The Kier molecular flexibility index (Phi) is 4.65. The van der Waals surface area contributed by atoms with Gasteiger partial charge in [0.05, 0.1) is 23.9 Å². The van der Waals surface area contributed by atoms with Gasteiger partial charge in [-0.1, -0.05) is 18.2 Å². The molecule has 28 heavy (non-hydrogen) atoms. The highest BCUT2D eigenvalue weighted by molar-refractivity contribution is 5.92. The van der Waals surface area contributed by atoms with Gasteiger partial charge in [0, 0.05) is 29.9 Å². The third kappa shape index (κ3) is 3.05. The van der Waals surface area contributed by atoms with E-state index in [-0.39, 0.29) is 11.8 Å². The minimum atomic E-state index is -0.369. The number of fused-ring (bicyclic) bond motifs is 1. The Morgan fingerprint density at radius 1 is 1.11 bits per heavy atom. The van der Waals surface area contributed by atoms with Gasteiger partial charge in [0.1, 0.15) is 5.82 Å². The number of benzene rings is 2. The van der Waals surface area contributed by atoms with Crippen molar-refractivity contribution in [2.24, 2.45) is 0 Å². The van der Waals surface area contributed by atoms with Crippen LogP contribution in [0.4, 0.5) is 4.39 Å². The summed E-state index contributed by atoms with van der Waals surface area (Å²) in [5.41, 5.74) is 5.07. The van der Waals surface area contributed by atoms with Crippen LogP contribution in [0.1, 0.15) is 21.5 Å². The molecule has 0 bridgehead atoms. The fraction of sp³-hybridized carbons (Fsp3) is 0.130. The van der Waals surface area contributed by atoms with Crippen LogP contribution in [-0.4, -0.2) is 22.6 Å². The molecule has 140 valence electrons. The predicted molar refractivity (Wildman–Crippen MR) is 107 cm³/mol. The molecule has 0 saturated carbocycles. The van der Waals surface area contributed by atoms with E-state index in [1.807, 2.05) is 37.3 Å². The summed E-state index contributed by atoms with van der Waals surface area (Å²) < 4.78 is 21.4. The number of hydrogen-bond donors (Lipinski definition) is 0. The number of nitrogens with zero attached hydrogens (tertiary/aromatic N) is 2.